The van der Waals surface area contributed by atoms with Crippen LogP contribution in [-0.2, 0) is 0 Å². The molecule has 0 aliphatic carbocycles. The Kier molecular flexibility index (Phi) is 2.49. The van der Waals surface area contributed by atoms with Crippen LogP contribution < -0.4 is 5.73 Å². The highest BCUT2D eigenvalue weighted by Crippen LogP contribution is 2.29. The van der Waals surface area contributed by atoms with E-state index >= 15 is 0 Å². The van der Waals surface area contributed by atoms with Gasteiger partial charge in [-0.2, -0.15) is 0 Å². The van der Waals surface area contributed by atoms with Crippen LogP contribution in [0.4, 0.5) is 0 Å². The molecule has 0 spiro atoms. The van der Waals surface area contributed by atoms with E-state index in [1.165, 1.54) is 11.3 Å². The van der Waals surface area contributed by atoms with E-state index in [0.717, 1.165) is 10.4 Å². The fraction of sp³-hybridized carbons (Fsp3) is 0. The average molecular weight is 259 g/mol. The highest BCUT2D eigenvalue weighted by molar-refractivity contribution is 7.13. The van der Waals surface area contributed by atoms with Crippen molar-refractivity contribution in [2.45, 2.75) is 0 Å². The largest absolute Gasteiger partial charge is 0.472 e. The third-order valence-corrected chi connectivity index (χ3v) is 3.39. The van der Waals surface area contributed by atoms with Gasteiger partial charge in [-0.3, -0.25) is 4.79 Å². The second-order valence-corrected chi connectivity index (χ2v) is 4.61. The van der Waals surface area contributed by atoms with Gasteiger partial charge in [-0.15, -0.1) is 11.3 Å². The van der Waals surface area contributed by atoms with E-state index in [-0.39, 0.29) is 5.69 Å². The summed E-state index contributed by atoms with van der Waals surface area (Å²) in [6.07, 6.45) is 3.11. The van der Waals surface area contributed by atoms with Gasteiger partial charge >= 0.3 is 0 Å². The smallest absolute Gasteiger partial charge is 0.269 e. The van der Waals surface area contributed by atoms with Crippen molar-refractivity contribution in [2.75, 3.05) is 0 Å². The summed E-state index contributed by atoms with van der Waals surface area (Å²) in [5, 5.41) is 1.93. The number of imidazole rings is 1. The molecule has 0 radical (unpaired) electrons. The molecule has 0 bridgehead atoms. The number of carbonyl (C=O) groups excluding carboxylic acids is 1. The SMILES string of the molecule is NC(=O)c1nc(-c2ccoc2)[nH]c1-c1cccs1. The van der Waals surface area contributed by atoms with E-state index in [0.29, 0.717) is 11.5 Å². The molecule has 1 amide bonds. The van der Waals surface area contributed by atoms with Crippen LogP contribution in [0.1, 0.15) is 10.5 Å². The number of aromatic amines is 1. The predicted molar refractivity (Wildman–Crippen MR) is 68.1 cm³/mol. The summed E-state index contributed by atoms with van der Waals surface area (Å²) in [4.78, 5) is 19.7. The summed E-state index contributed by atoms with van der Waals surface area (Å²) in [6.45, 7) is 0. The Bertz CT molecular complexity index is 668. The summed E-state index contributed by atoms with van der Waals surface area (Å²) < 4.78 is 5.00. The third kappa shape index (κ3) is 1.72. The molecule has 0 aliphatic rings. The molecule has 5 nitrogen and oxygen atoms in total. The minimum Gasteiger partial charge on any atom is -0.472 e. The molecule has 0 aliphatic heterocycles. The monoisotopic (exact) mass is 259 g/mol. The van der Waals surface area contributed by atoms with Crippen LogP contribution in [0.25, 0.3) is 22.0 Å². The van der Waals surface area contributed by atoms with Gasteiger partial charge in [-0.1, -0.05) is 6.07 Å². The first-order valence-corrected chi connectivity index (χ1v) is 6.10. The third-order valence-electron chi connectivity index (χ3n) is 2.50. The summed E-state index contributed by atoms with van der Waals surface area (Å²) in [6, 6.07) is 5.58. The molecular weight excluding hydrogens is 250 g/mol. The van der Waals surface area contributed by atoms with Crippen molar-refractivity contribution >= 4 is 17.2 Å². The molecule has 3 heterocycles. The average Bonchev–Trinajstić information content (AvgIpc) is 3.10. The van der Waals surface area contributed by atoms with Crippen molar-refractivity contribution in [3.63, 3.8) is 0 Å². The van der Waals surface area contributed by atoms with E-state index < -0.39 is 5.91 Å². The van der Waals surface area contributed by atoms with Crippen LogP contribution >= 0.6 is 11.3 Å². The number of H-pyrrole nitrogens is 1. The lowest BCUT2D eigenvalue weighted by Gasteiger charge is -1.94. The van der Waals surface area contributed by atoms with E-state index in [1.807, 2.05) is 17.5 Å². The van der Waals surface area contributed by atoms with E-state index in [1.54, 1.807) is 18.6 Å². The van der Waals surface area contributed by atoms with Crippen molar-refractivity contribution in [3.8, 4) is 22.0 Å². The topological polar surface area (TPSA) is 84.9 Å². The molecule has 18 heavy (non-hydrogen) atoms. The van der Waals surface area contributed by atoms with Crippen LogP contribution in [0, 0.1) is 0 Å². The van der Waals surface area contributed by atoms with Crippen LogP contribution in [0.2, 0.25) is 0 Å². The van der Waals surface area contributed by atoms with E-state index in [4.69, 9.17) is 10.2 Å². The Hall–Kier alpha value is -2.34. The first-order valence-electron chi connectivity index (χ1n) is 5.22. The fourth-order valence-corrected chi connectivity index (χ4v) is 2.41. The summed E-state index contributed by atoms with van der Waals surface area (Å²) >= 11 is 1.52. The van der Waals surface area contributed by atoms with Crippen LogP contribution in [0.5, 0.6) is 0 Å². The second kappa shape index (κ2) is 4.15. The molecule has 3 N–H and O–H groups in total. The molecule has 0 aromatic carbocycles. The van der Waals surface area contributed by atoms with Gasteiger partial charge in [0, 0.05) is 0 Å². The van der Waals surface area contributed by atoms with Crippen molar-refractivity contribution in [1.82, 2.24) is 9.97 Å². The predicted octanol–water partition coefficient (Wildman–Crippen LogP) is 2.50. The van der Waals surface area contributed by atoms with Gasteiger partial charge in [0.05, 0.1) is 22.4 Å². The minimum absolute atomic E-state index is 0.244. The lowest BCUT2D eigenvalue weighted by molar-refractivity contribution is 0.0997. The van der Waals surface area contributed by atoms with Crippen molar-refractivity contribution < 1.29 is 9.21 Å². The lowest BCUT2D eigenvalue weighted by Crippen LogP contribution is -2.12. The van der Waals surface area contributed by atoms with Crippen molar-refractivity contribution in [1.29, 1.82) is 0 Å². The number of primary amides is 1. The van der Waals surface area contributed by atoms with Gasteiger partial charge in [0.25, 0.3) is 5.91 Å². The van der Waals surface area contributed by atoms with Crippen molar-refractivity contribution in [2.24, 2.45) is 5.73 Å². The standard InChI is InChI=1S/C12H9N3O2S/c13-11(16)10-9(8-2-1-5-18-8)14-12(15-10)7-3-4-17-6-7/h1-6H,(H2,13,16)(H,14,15). The summed E-state index contributed by atoms with van der Waals surface area (Å²) in [5.41, 5.74) is 7.02. The number of rotatable bonds is 3. The number of nitrogens with one attached hydrogen (secondary N) is 1. The van der Waals surface area contributed by atoms with Gasteiger partial charge in [0.2, 0.25) is 0 Å². The highest BCUT2D eigenvalue weighted by Gasteiger charge is 2.18. The zero-order chi connectivity index (χ0) is 12.5. The molecule has 3 aromatic heterocycles. The Morgan fingerprint density at radius 3 is 2.94 bits per heavy atom. The van der Waals surface area contributed by atoms with Gasteiger partial charge in [-0.05, 0) is 17.5 Å². The number of hydrogen-bond acceptors (Lipinski definition) is 4. The zero-order valence-electron chi connectivity index (χ0n) is 9.21. The Balaban J connectivity index is 2.16. The molecular formula is C12H9N3O2S. The maximum atomic E-state index is 11.4. The number of hydrogen-bond donors (Lipinski definition) is 2. The normalized spacial score (nSPS) is 10.7. The van der Waals surface area contributed by atoms with Gasteiger partial charge in [0.15, 0.2) is 5.69 Å². The number of thiophene rings is 1. The quantitative estimate of drug-likeness (QED) is 0.757. The fourth-order valence-electron chi connectivity index (χ4n) is 1.69. The highest BCUT2D eigenvalue weighted by atomic mass is 32.1. The maximum Gasteiger partial charge on any atom is 0.269 e. The maximum absolute atomic E-state index is 11.4. The molecule has 0 unspecified atom stereocenters. The van der Waals surface area contributed by atoms with Crippen LogP contribution in [-0.4, -0.2) is 15.9 Å². The Morgan fingerprint density at radius 2 is 2.33 bits per heavy atom. The number of amides is 1. The summed E-state index contributed by atoms with van der Waals surface area (Å²) in [7, 11) is 0. The number of aromatic nitrogens is 2. The molecule has 0 fully saturated rings. The first-order chi connectivity index (χ1) is 8.75. The number of furan rings is 1. The van der Waals surface area contributed by atoms with Crippen LogP contribution in [0.3, 0.4) is 0 Å². The van der Waals surface area contributed by atoms with Crippen LogP contribution in [0.15, 0.2) is 40.5 Å². The number of nitrogens with two attached hydrogens (primary N) is 1. The molecule has 0 atom stereocenters. The van der Waals surface area contributed by atoms with E-state index in [2.05, 4.69) is 9.97 Å². The molecule has 0 saturated carbocycles. The van der Waals surface area contributed by atoms with Gasteiger partial charge < -0.3 is 15.1 Å². The van der Waals surface area contributed by atoms with Gasteiger partial charge in [-0.25, -0.2) is 4.98 Å². The molecule has 3 aromatic rings. The molecule has 90 valence electrons. The number of nitrogens with zero attached hydrogens (tertiary/aromatic N) is 1. The summed E-state index contributed by atoms with van der Waals surface area (Å²) in [5.74, 6) is 0.0188. The zero-order valence-corrected chi connectivity index (χ0v) is 10.0. The second-order valence-electron chi connectivity index (χ2n) is 3.66. The Morgan fingerprint density at radius 1 is 1.44 bits per heavy atom. The first kappa shape index (κ1) is 10.8. The van der Waals surface area contributed by atoms with Gasteiger partial charge in [0.1, 0.15) is 12.1 Å². The minimum atomic E-state index is -0.551. The van der Waals surface area contributed by atoms with E-state index in [9.17, 15) is 4.79 Å². The lowest BCUT2D eigenvalue weighted by atomic mass is 10.3. The Labute approximate surface area is 106 Å². The molecule has 3 rings (SSSR count). The molecule has 6 heteroatoms. The molecule has 0 saturated heterocycles. The number of carbonyl (C=O) groups is 1. The van der Waals surface area contributed by atoms with Crippen molar-refractivity contribution in [3.05, 3.63) is 41.8 Å².